The van der Waals surface area contributed by atoms with Gasteiger partial charge in [-0.25, -0.2) is 4.79 Å². The monoisotopic (exact) mass is 255 g/mol. The number of benzene rings is 1. The highest BCUT2D eigenvalue weighted by Gasteiger charge is 2.61. The molecular weight excluding hydrogens is 251 g/mol. The minimum absolute atomic E-state index is 0.268. The third-order valence-electron chi connectivity index (χ3n) is 1.54. The second kappa shape index (κ2) is 4.56. The average molecular weight is 255 g/mol. The van der Waals surface area contributed by atoms with E-state index < -0.39 is 18.0 Å². The normalized spacial score (nSPS) is 12.1. The van der Waals surface area contributed by atoms with Crippen LogP contribution in [0.15, 0.2) is 24.3 Å². The molecule has 1 aromatic carbocycles. The lowest BCUT2D eigenvalue weighted by Crippen LogP contribution is -2.41. The van der Waals surface area contributed by atoms with E-state index in [2.05, 4.69) is 9.47 Å². The molecule has 17 heavy (non-hydrogen) atoms. The molecule has 0 N–H and O–H groups in total. The van der Waals surface area contributed by atoms with Gasteiger partial charge in [0.05, 0.1) is 0 Å². The Morgan fingerprint density at radius 3 is 2.18 bits per heavy atom. The molecule has 8 heteroatoms. The SMILES string of the molecule is O=[C]Oc1cccc(OC(F)(F)C(F)(F)F)c1. The van der Waals surface area contributed by atoms with Crippen LogP contribution in [-0.4, -0.2) is 18.8 Å². The number of carbonyl (C=O) groups excluding carboxylic acids is 1. The van der Waals surface area contributed by atoms with Gasteiger partial charge in [-0.15, -0.1) is 0 Å². The minimum atomic E-state index is -5.83. The quantitative estimate of drug-likeness (QED) is 0.776. The summed E-state index contributed by atoms with van der Waals surface area (Å²) in [4.78, 5) is 9.81. The molecular formula is C9H4F5O3. The molecule has 1 rings (SSSR count). The van der Waals surface area contributed by atoms with Crippen molar-refractivity contribution in [1.29, 1.82) is 0 Å². The third kappa shape index (κ3) is 3.30. The Kier molecular flexibility index (Phi) is 3.54. The van der Waals surface area contributed by atoms with E-state index in [1.54, 1.807) is 0 Å². The summed E-state index contributed by atoms with van der Waals surface area (Å²) in [6, 6.07) is 3.79. The first-order valence-electron chi connectivity index (χ1n) is 4.04. The Hall–Kier alpha value is -1.86. The summed E-state index contributed by atoms with van der Waals surface area (Å²) in [6.45, 7) is 0.989. The lowest BCUT2D eigenvalue weighted by atomic mass is 10.3. The molecule has 0 amide bonds. The van der Waals surface area contributed by atoms with Crippen molar-refractivity contribution in [3.63, 3.8) is 0 Å². The van der Waals surface area contributed by atoms with Crippen LogP contribution in [0.1, 0.15) is 0 Å². The van der Waals surface area contributed by atoms with Gasteiger partial charge in [0.25, 0.3) is 0 Å². The number of rotatable bonds is 4. The van der Waals surface area contributed by atoms with E-state index in [9.17, 15) is 26.7 Å². The molecule has 1 radical (unpaired) electrons. The molecule has 93 valence electrons. The summed E-state index contributed by atoms with van der Waals surface area (Å²) in [7, 11) is 0. The summed E-state index contributed by atoms with van der Waals surface area (Å²) in [5.41, 5.74) is 0. The molecule has 0 unspecified atom stereocenters. The van der Waals surface area contributed by atoms with Crippen molar-refractivity contribution in [1.82, 2.24) is 0 Å². The molecule has 0 bridgehead atoms. The predicted molar refractivity (Wildman–Crippen MR) is 44.4 cm³/mol. The van der Waals surface area contributed by atoms with Gasteiger partial charge in [-0.2, -0.15) is 22.0 Å². The Labute approximate surface area is 91.7 Å². The Morgan fingerprint density at radius 1 is 1.06 bits per heavy atom. The molecule has 0 heterocycles. The van der Waals surface area contributed by atoms with E-state index in [4.69, 9.17) is 0 Å². The smallest absolute Gasteiger partial charge is 0.426 e. The van der Waals surface area contributed by atoms with Crippen LogP contribution in [-0.2, 0) is 4.79 Å². The van der Waals surface area contributed by atoms with Crippen molar-refractivity contribution in [3.05, 3.63) is 24.3 Å². The maximum Gasteiger partial charge on any atom is 0.499 e. The fourth-order valence-electron chi connectivity index (χ4n) is 0.855. The Morgan fingerprint density at radius 2 is 1.65 bits per heavy atom. The fourth-order valence-corrected chi connectivity index (χ4v) is 0.855. The lowest BCUT2D eigenvalue weighted by molar-refractivity contribution is -0.360. The van der Waals surface area contributed by atoms with Crippen molar-refractivity contribution >= 4 is 6.47 Å². The zero-order valence-electron chi connectivity index (χ0n) is 7.92. The zero-order valence-corrected chi connectivity index (χ0v) is 7.92. The van der Waals surface area contributed by atoms with Crippen LogP contribution in [0.3, 0.4) is 0 Å². The van der Waals surface area contributed by atoms with Gasteiger partial charge >= 0.3 is 18.8 Å². The lowest BCUT2D eigenvalue weighted by Gasteiger charge is -2.20. The van der Waals surface area contributed by atoms with Crippen LogP contribution in [0.2, 0.25) is 0 Å². The van der Waals surface area contributed by atoms with Gasteiger partial charge in [-0.3, -0.25) is 0 Å². The molecule has 1 aromatic rings. The predicted octanol–water partition coefficient (Wildman–Crippen LogP) is 2.67. The van der Waals surface area contributed by atoms with Crippen LogP contribution >= 0.6 is 0 Å². The highest BCUT2D eigenvalue weighted by Crippen LogP contribution is 2.37. The molecule has 0 aromatic heterocycles. The van der Waals surface area contributed by atoms with Gasteiger partial charge in [0.15, 0.2) is 0 Å². The second-order valence-corrected chi connectivity index (χ2v) is 2.78. The summed E-state index contributed by atoms with van der Waals surface area (Å²) >= 11 is 0. The van der Waals surface area contributed by atoms with Gasteiger partial charge in [-0.05, 0) is 12.1 Å². The first-order valence-corrected chi connectivity index (χ1v) is 4.04. The summed E-state index contributed by atoms with van der Waals surface area (Å²) < 4.78 is 68.0. The summed E-state index contributed by atoms with van der Waals surface area (Å²) in [6.07, 6.45) is -11.2. The number of hydrogen-bond acceptors (Lipinski definition) is 3. The van der Waals surface area contributed by atoms with Crippen LogP contribution in [0, 0.1) is 0 Å². The van der Waals surface area contributed by atoms with Crippen molar-refractivity contribution in [2.45, 2.75) is 12.3 Å². The Balaban J connectivity index is 2.88. The number of halogens is 5. The van der Waals surface area contributed by atoms with Crippen molar-refractivity contribution in [2.75, 3.05) is 0 Å². The van der Waals surface area contributed by atoms with E-state index >= 15 is 0 Å². The molecule has 0 saturated heterocycles. The highest BCUT2D eigenvalue weighted by atomic mass is 19.4. The molecule has 3 nitrogen and oxygen atoms in total. The number of alkyl halides is 5. The van der Waals surface area contributed by atoms with Crippen molar-refractivity contribution in [3.8, 4) is 11.5 Å². The molecule has 0 fully saturated rings. The molecule has 0 atom stereocenters. The van der Waals surface area contributed by atoms with Gasteiger partial charge in [0, 0.05) is 6.07 Å². The van der Waals surface area contributed by atoms with Crippen LogP contribution in [0.4, 0.5) is 22.0 Å². The molecule has 0 aliphatic carbocycles. The maximum absolute atomic E-state index is 12.5. The summed E-state index contributed by atoms with van der Waals surface area (Å²) in [5.74, 6) is -1.06. The van der Waals surface area contributed by atoms with E-state index in [1.807, 2.05) is 0 Å². The van der Waals surface area contributed by atoms with E-state index in [0.29, 0.717) is 6.07 Å². The molecule has 0 aliphatic heterocycles. The second-order valence-electron chi connectivity index (χ2n) is 2.78. The van der Waals surface area contributed by atoms with Crippen molar-refractivity contribution < 1.29 is 36.2 Å². The molecule has 0 saturated carbocycles. The van der Waals surface area contributed by atoms with Gasteiger partial charge < -0.3 is 9.47 Å². The highest BCUT2D eigenvalue weighted by molar-refractivity contribution is 5.47. The van der Waals surface area contributed by atoms with Gasteiger partial charge in [0.2, 0.25) is 0 Å². The minimum Gasteiger partial charge on any atom is -0.426 e. The van der Waals surface area contributed by atoms with Crippen LogP contribution in [0.25, 0.3) is 0 Å². The number of hydrogen-bond donors (Lipinski definition) is 0. The van der Waals surface area contributed by atoms with Gasteiger partial charge in [-0.1, -0.05) is 6.07 Å². The van der Waals surface area contributed by atoms with Crippen LogP contribution in [0.5, 0.6) is 11.5 Å². The van der Waals surface area contributed by atoms with E-state index in [-0.39, 0.29) is 5.75 Å². The third-order valence-corrected chi connectivity index (χ3v) is 1.54. The zero-order chi connectivity index (χ0) is 13.1. The van der Waals surface area contributed by atoms with E-state index in [0.717, 1.165) is 24.7 Å². The number of ether oxygens (including phenoxy) is 2. The maximum atomic E-state index is 12.5. The topological polar surface area (TPSA) is 35.5 Å². The van der Waals surface area contributed by atoms with Crippen molar-refractivity contribution in [2.24, 2.45) is 0 Å². The van der Waals surface area contributed by atoms with Crippen LogP contribution < -0.4 is 9.47 Å². The fraction of sp³-hybridized carbons (Fsp3) is 0.222. The molecule has 0 aliphatic rings. The van der Waals surface area contributed by atoms with E-state index in [1.165, 1.54) is 0 Å². The average Bonchev–Trinajstić information content (AvgIpc) is 2.16. The summed E-state index contributed by atoms with van der Waals surface area (Å²) in [5, 5.41) is 0. The first kappa shape index (κ1) is 13.2. The first-order chi connectivity index (χ1) is 7.76. The largest absolute Gasteiger partial charge is 0.499 e. The molecule has 0 spiro atoms. The standard InChI is InChI=1S/C9H4F5O3/c10-8(11,12)9(13,14)17-7-3-1-2-6(4-7)16-5-15/h1-4H. The van der Waals surface area contributed by atoms with Gasteiger partial charge in [0.1, 0.15) is 11.5 Å². The Bertz CT molecular complexity index is 402.